The molecule has 2 atom stereocenters. The maximum Gasteiger partial charge on any atom is 0.338 e. The van der Waals surface area contributed by atoms with Gasteiger partial charge in [0.1, 0.15) is 11.5 Å². The van der Waals surface area contributed by atoms with Gasteiger partial charge in [0, 0.05) is 27.4 Å². The first-order chi connectivity index (χ1) is 14.0. The Morgan fingerprint density at radius 2 is 1.70 bits per heavy atom. The minimum absolute atomic E-state index is 0.00713. The van der Waals surface area contributed by atoms with Crippen molar-refractivity contribution in [3.63, 3.8) is 0 Å². The van der Waals surface area contributed by atoms with Crippen LogP contribution in [-0.4, -0.2) is 11.9 Å². The highest BCUT2D eigenvalue weighted by atomic mass is 16.5. The first-order valence-corrected chi connectivity index (χ1v) is 10.4. The summed E-state index contributed by atoms with van der Waals surface area (Å²) in [6.07, 6.45) is 7.15. The first-order valence-electron chi connectivity index (χ1n) is 10.4. The van der Waals surface area contributed by atoms with E-state index in [1.54, 1.807) is 13.8 Å². The molecule has 4 aliphatic carbocycles. The molecule has 154 valence electrons. The molecule has 30 heavy (non-hydrogen) atoms. The summed E-state index contributed by atoms with van der Waals surface area (Å²) in [7, 11) is 0. The van der Waals surface area contributed by atoms with E-state index in [0.717, 1.165) is 19.3 Å². The molecule has 1 aromatic rings. The van der Waals surface area contributed by atoms with Gasteiger partial charge in [0.2, 0.25) is 0 Å². The number of benzene rings is 1. The monoisotopic (exact) mass is 402 g/mol. The Bertz CT molecular complexity index is 1150. The van der Waals surface area contributed by atoms with Crippen LogP contribution in [0.3, 0.4) is 0 Å². The smallest absolute Gasteiger partial charge is 0.338 e. The van der Waals surface area contributed by atoms with Crippen molar-refractivity contribution in [3.8, 4) is 5.75 Å². The summed E-state index contributed by atoms with van der Waals surface area (Å²) in [5.41, 5.74) is 5.66. The Labute approximate surface area is 176 Å². The summed E-state index contributed by atoms with van der Waals surface area (Å²) < 4.78 is 11.3. The van der Waals surface area contributed by atoms with Crippen molar-refractivity contribution < 1.29 is 19.1 Å². The maximum atomic E-state index is 12.2. The summed E-state index contributed by atoms with van der Waals surface area (Å²) in [5.74, 6) is 0.418. The SMILES string of the molecule is C=C(C)C(=O)OC1=CC23CCc4cc(OC(=O)C(=C)C)cc5c4C2(C3)C(=C1)C5(C)C. The summed E-state index contributed by atoms with van der Waals surface area (Å²) >= 11 is 0. The van der Waals surface area contributed by atoms with Gasteiger partial charge in [-0.25, -0.2) is 9.59 Å². The average Bonchev–Trinajstić information content (AvgIpc) is 3.31. The lowest BCUT2D eigenvalue weighted by atomic mass is 9.70. The molecule has 0 aromatic heterocycles. The minimum atomic E-state index is -0.403. The van der Waals surface area contributed by atoms with E-state index in [0.29, 0.717) is 22.7 Å². The molecular formula is C26H26O4. The normalized spacial score (nSPS) is 28.4. The third kappa shape index (κ3) is 2.22. The van der Waals surface area contributed by atoms with Crippen LogP contribution in [0.1, 0.15) is 57.2 Å². The van der Waals surface area contributed by atoms with Crippen molar-refractivity contribution in [2.24, 2.45) is 5.41 Å². The van der Waals surface area contributed by atoms with Crippen LogP contribution in [-0.2, 0) is 31.6 Å². The Morgan fingerprint density at radius 3 is 2.37 bits per heavy atom. The van der Waals surface area contributed by atoms with Crippen molar-refractivity contribution in [2.45, 2.75) is 57.8 Å². The van der Waals surface area contributed by atoms with Gasteiger partial charge < -0.3 is 9.47 Å². The van der Waals surface area contributed by atoms with Gasteiger partial charge in [0.15, 0.2) is 0 Å². The van der Waals surface area contributed by atoms with Crippen LogP contribution >= 0.6 is 0 Å². The van der Waals surface area contributed by atoms with Crippen molar-refractivity contribution in [3.05, 3.63) is 76.6 Å². The number of rotatable bonds is 4. The van der Waals surface area contributed by atoms with Crippen LogP contribution in [0, 0.1) is 5.41 Å². The number of carbonyl (C=O) groups excluding carboxylic acids is 2. The fraction of sp³-hybridized carbons (Fsp3) is 0.385. The molecule has 0 bridgehead atoms. The van der Waals surface area contributed by atoms with Gasteiger partial charge in [-0.15, -0.1) is 0 Å². The van der Waals surface area contributed by atoms with Gasteiger partial charge in [-0.05, 0) is 79.7 Å². The molecule has 1 spiro atoms. The number of carbonyl (C=O) groups is 2. The molecule has 4 aliphatic rings. The Morgan fingerprint density at radius 1 is 1.03 bits per heavy atom. The average molecular weight is 402 g/mol. The van der Waals surface area contributed by atoms with Crippen LogP contribution in [0.5, 0.6) is 5.75 Å². The van der Waals surface area contributed by atoms with Crippen LogP contribution in [0.4, 0.5) is 0 Å². The number of hydrogen-bond donors (Lipinski definition) is 0. The van der Waals surface area contributed by atoms with Crippen LogP contribution in [0.15, 0.2) is 59.9 Å². The zero-order valence-electron chi connectivity index (χ0n) is 18.0. The molecule has 4 heteroatoms. The van der Waals surface area contributed by atoms with E-state index in [-0.39, 0.29) is 22.2 Å². The highest BCUT2D eigenvalue weighted by Crippen LogP contribution is 2.81. The molecule has 0 amide bonds. The first kappa shape index (κ1) is 19.1. The van der Waals surface area contributed by atoms with Crippen molar-refractivity contribution >= 4 is 11.9 Å². The molecule has 0 radical (unpaired) electrons. The van der Waals surface area contributed by atoms with Gasteiger partial charge >= 0.3 is 11.9 Å². The second-order valence-electron chi connectivity index (χ2n) is 9.81. The van der Waals surface area contributed by atoms with Crippen LogP contribution < -0.4 is 4.74 Å². The van der Waals surface area contributed by atoms with Gasteiger partial charge in [-0.2, -0.15) is 0 Å². The molecule has 1 fully saturated rings. The molecule has 5 rings (SSSR count). The molecule has 0 aliphatic heterocycles. The fourth-order valence-electron chi connectivity index (χ4n) is 5.98. The quantitative estimate of drug-likeness (QED) is 0.405. The molecule has 2 unspecified atom stereocenters. The highest BCUT2D eigenvalue weighted by Gasteiger charge is 2.76. The predicted molar refractivity (Wildman–Crippen MR) is 114 cm³/mol. The van der Waals surface area contributed by atoms with Gasteiger partial charge in [0.25, 0.3) is 0 Å². The van der Waals surface area contributed by atoms with Crippen LogP contribution in [0.25, 0.3) is 0 Å². The molecule has 0 heterocycles. The lowest BCUT2D eigenvalue weighted by Gasteiger charge is -2.34. The second-order valence-corrected chi connectivity index (χ2v) is 9.81. The number of aryl methyl sites for hydroxylation is 1. The molecule has 0 saturated heterocycles. The Kier molecular flexibility index (Phi) is 3.58. The lowest BCUT2D eigenvalue weighted by Crippen LogP contribution is -2.29. The summed E-state index contributed by atoms with van der Waals surface area (Å²) in [6.45, 7) is 15.1. The Hall–Kier alpha value is -2.88. The van der Waals surface area contributed by atoms with Crippen molar-refractivity contribution in [2.75, 3.05) is 0 Å². The summed E-state index contributed by atoms with van der Waals surface area (Å²) in [4.78, 5) is 24.3. The van der Waals surface area contributed by atoms with E-state index in [4.69, 9.17) is 9.47 Å². The predicted octanol–water partition coefficient (Wildman–Crippen LogP) is 4.98. The molecular weight excluding hydrogens is 376 g/mol. The topological polar surface area (TPSA) is 52.6 Å². The fourth-order valence-corrected chi connectivity index (χ4v) is 5.98. The van der Waals surface area contributed by atoms with Gasteiger partial charge in [0.05, 0.1) is 0 Å². The van der Waals surface area contributed by atoms with Crippen molar-refractivity contribution in [1.29, 1.82) is 0 Å². The van der Waals surface area contributed by atoms with Gasteiger partial charge in [-0.3, -0.25) is 0 Å². The summed E-state index contributed by atoms with van der Waals surface area (Å²) in [5, 5.41) is 0. The number of allylic oxidation sites excluding steroid dienone is 3. The van der Waals surface area contributed by atoms with E-state index in [1.807, 2.05) is 12.1 Å². The third-order valence-electron chi connectivity index (χ3n) is 7.40. The second kappa shape index (κ2) is 5.63. The van der Waals surface area contributed by atoms with E-state index in [1.165, 1.54) is 22.3 Å². The zero-order chi connectivity index (χ0) is 21.6. The van der Waals surface area contributed by atoms with E-state index in [2.05, 4.69) is 39.2 Å². The largest absolute Gasteiger partial charge is 0.424 e. The van der Waals surface area contributed by atoms with E-state index >= 15 is 0 Å². The third-order valence-corrected chi connectivity index (χ3v) is 7.40. The molecule has 4 nitrogen and oxygen atoms in total. The molecule has 1 aromatic carbocycles. The van der Waals surface area contributed by atoms with Gasteiger partial charge in [-0.1, -0.05) is 27.0 Å². The number of hydrogen-bond acceptors (Lipinski definition) is 4. The molecule has 0 N–H and O–H groups in total. The lowest BCUT2D eigenvalue weighted by molar-refractivity contribution is -0.134. The Balaban J connectivity index is 1.63. The number of esters is 2. The van der Waals surface area contributed by atoms with E-state index < -0.39 is 5.97 Å². The summed E-state index contributed by atoms with van der Waals surface area (Å²) in [6, 6.07) is 4.04. The van der Waals surface area contributed by atoms with E-state index in [9.17, 15) is 9.59 Å². The molecule has 1 saturated carbocycles. The minimum Gasteiger partial charge on any atom is -0.424 e. The van der Waals surface area contributed by atoms with Crippen LogP contribution in [0.2, 0.25) is 0 Å². The highest BCUT2D eigenvalue weighted by molar-refractivity contribution is 5.89. The maximum absolute atomic E-state index is 12.2. The van der Waals surface area contributed by atoms with Crippen molar-refractivity contribution in [1.82, 2.24) is 0 Å². The standard InChI is InChI=1S/C26H26O4/c1-14(2)22(27)29-17-9-16-7-8-25-12-18(30-23(28)15(3)4)11-20-24(5,6)19(10-17)21(16)26(20,25)13-25/h9-12H,1,3,7-8,13H2,2,4-6H3. The zero-order valence-corrected chi connectivity index (χ0v) is 18.0. The number of ether oxygens (including phenoxy) is 2.